The van der Waals surface area contributed by atoms with Gasteiger partial charge in [-0.1, -0.05) is 0 Å². The summed E-state index contributed by atoms with van der Waals surface area (Å²) in [7, 11) is 0. The van der Waals surface area contributed by atoms with Crippen LogP contribution >= 0.6 is 0 Å². The monoisotopic (exact) mass is 250 g/mol. The number of aliphatic hydroxyl groups is 1. The Morgan fingerprint density at radius 1 is 1.33 bits per heavy atom. The minimum atomic E-state index is -0.237. The van der Waals surface area contributed by atoms with E-state index in [2.05, 4.69) is 5.32 Å². The molecule has 4 nitrogen and oxygen atoms in total. The standard InChI is InChI=1S/C14H22N2O2/c17-12(3-8-1-2-15-6-8)16-7-10-4-9-5-11(10)13(16)14(9)18/h8-11,13-15,18H,1-7H2. The van der Waals surface area contributed by atoms with Gasteiger partial charge >= 0.3 is 0 Å². The molecule has 2 heterocycles. The van der Waals surface area contributed by atoms with E-state index in [1.165, 1.54) is 0 Å². The molecule has 100 valence electrons. The Balaban J connectivity index is 1.47. The zero-order valence-corrected chi connectivity index (χ0v) is 10.7. The van der Waals surface area contributed by atoms with Crippen LogP contribution in [0.2, 0.25) is 0 Å². The molecule has 6 atom stereocenters. The van der Waals surface area contributed by atoms with E-state index < -0.39 is 0 Å². The van der Waals surface area contributed by atoms with Crippen LogP contribution in [-0.2, 0) is 4.79 Å². The molecular formula is C14H22N2O2. The molecule has 2 aliphatic carbocycles. The molecule has 6 unspecified atom stereocenters. The number of hydrogen-bond donors (Lipinski definition) is 2. The normalized spacial score (nSPS) is 49.3. The number of nitrogens with zero attached hydrogens (tertiary/aromatic N) is 1. The summed E-state index contributed by atoms with van der Waals surface area (Å²) in [5.74, 6) is 2.59. The van der Waals surface area contributed by atoms with Crippen molar-refractivity contribution >= 4 is 5.91 Å². The lowest BCUT2D eigenvalue weighted by Gasteiger charge is -2.29. The number of nitrogens with one attached hydrogen (secondary N) is 1. The first-order valence-corrected chi connectivity index (χ1v) is 7.42. The van der Waals surface area contributed by atoms with Gasteiger partial charge in [0, 0.05) is 13.0 Å². The number of carbonyl (C=O) groups is 1. The Hall–Kier alpha value is -0.610. The van der Waals surface area contributed by atoms with Gasteiger partial charge in [-0.15, -0.1) is 0 Å². The predicted octanol–water partition coefficient (Wildman–Crippen LogP) is 0.214. The lowest BCUT2D eigenvalue weighted by atomic mass is 9.88. The van der Waals surface area contributed by atoms with Gasteiger partial charge in [-0.3, -0.25) is 4.79 Å². The zero-order chi connectivity index (χ0) is 12.3. The maximum Gasteiger partial charge on any atom is 0.223 e. The van der Waals surface area contributed by atoms with Crippen molar-refractivity contribution in [1.82, 2.24) is 10.2 Å². The highest BCUT2D eigenvalue weighted by Gasteiger charge is 2.59. The Morgan fingerprint density at radius 3 is 2.94 bits per heavy atom. The van der Waals surface area contributed by atoms with E-state index in [1.807, 2.05) is 4.90 Å². The van der Waals surface area contributed by atoms with Gasteiger partial charge in [0.15, 0.2) is 0 Å². The molecule has 18 heavy (non-hydrogen) atoms. The van der Waals surface area contributed by atoms with Gasteiger partial charge in [0.1, 0.15) is 0 Å². The van der Waals surface area contributed by atoms with E-state index in [1.54, 1.807) is 0 Å². The third kappa shape index (κ3) is 1.48. The molecule has 1 amide bonds. The highest BCUT2D eigenvalue weighted by molar-refractivity contribution is 5.77. The van der Waals surface area contributed by atoms with Gasteiger partial charge < -0.3 is 15.3 Å². The van der Waals surface area contributed by atoms with Crippen molar-refractivity contribution in [3.05, 3.63) is 0 Å². The second kappa shape index (κ2) is 3.94. The SMILES string of the molecule is O=C(CC1CCNC1)N1CC2CC3CC2C1C3O. The van der Waals surface area contributed by atoms with Crippen molar-refractivity contribution in [2.45, 2.75) is 37.8 Å². The van der Waals surface area contributed by atoms with Crippen LogP contribution in [0.5, 0.6) is 0 Å². The average molecular weight is 250 g/mol. The third-order valence-corrected chi connectivity index (χ3v) is 5.79. The molecular weight excluding hydrogens is 228 g/mol. The summed E-state index contributed by atoms with van der Waals surface area (Å²) in [6.45, 7) is 2.96. The molecule has 2 N–H and O–H groups in total. The van der Waals surface area contributed by atoms with Crippen LogP contribution in [0, 0.1) is 23.7 Å². The van der Waals surface area contributed by atoms with E-state index >= 15 is 0 Å². The van der Waals surface area contributed by atoms with Crippen LogP contribution < -0.4 is 5.32 Å². The number of amides is 1. The number of likely N-dealkylation sites (tertiary alicyclic amines) is 1. The summed E-state index contributed by atoms with van der Waals surface area (Å²) in [6, 6.07) is 0.163. The van der Waals surface area contributed by atoms with E-state index in [0.29, 0.717) is 36.0 Å². The minimum absolute atomic E-state index is 0.163. The van der Waals surface area contributed by atoms with E-state index in [0.717, 1.165) is 38.9 Å². The first-order valence-electron chi connectivity index (χ1n) is 7.42. The topological polar surface area (TPSA) is 52.6 Å². The van der Waals surface area contributed by atoms with E-state index in [4.69, 9.17) is 0 Å². The molecule has 0 radical (unpaired) electrons. The minimum Gasteiger partial charge on any atom is -0.391 e. The molecule has 0 aromatic heterocycles. The maximum atomic E-state index is 12.4. The number of carbonyl (C=O) groups excluding carboxylic acids is 1. The second-order valence-electron chi connectivity index (χ2n) is 6.75. The van der Waals surface area contributed by atoms with E-state index in [-0.39, 0.29) is 12.1 Å². The fourth-order valence-corrected chi connectivity index (χ4v) is 4.95. The van der Waals surface area contributed by atoms with Crippen LogP contribution in [0.3, 0.4) is 0 Å². The van der Waals surface area contributed by atoms with Gasteiger partial charge in [0.2, 0.25) is 5.91 Å². The maximum absolute atomic E-state index is 12.4. The van der Waals surface area contributed by atoms with Crippen LogP contribution in [0.15, 0.2) is 0 Å². The van der Waals surface area contributed by atoms with Gasteiger partial charge in [-0.25, -0.2) is 0 Å². The number of rotatable bonds is 2. The number of fused-ring (bicyclic) bond motifs is 1. The Labute approximate surface area is 108 Å². The predicted molar refractivity (Wildman–Crippen MR) is 66.8 cm³/mol. The summed E-state index contributed by atoms with van der Waals surface area (Å²) < 4.78 is 0. The lowest BCUT2D eigenvalue weighted by Crippen LogP contribution is -2.44. The van der Waals surface area contributed by atoms with Crippen molar-refractivity contribution in [2.24, 2.45) is 23.7 Å². The molecule has 2 saturated heterocycles. The summed E-state index contributed by atoms with van der Waals surface area (Å²) >= 11 is 0. The molecule has 4 rings (SSSR count). The Kier molecular flexibility index (Phi) is 2.46. The summed E-state index contributed by atoms with van der Waals surface area (Å²) in [5.41, 5.74) is 0. The van der Waals surface area contributed by atoms with Crippen molar-refractivity contribution < 1.29 is 9.90 Å². The molecule has 4 heteroatoms. The Morgan fingerprint density at radius 2 is 2.22 bits per heavy atom. The molecule has 0 aromatic carbocycles. The van der Waals surface area contributed by atoms with Crippen LogP contribution in [0.1, 0.15) is 25.7 Å². The summed E-state index contributed by atoms with van der Waals surface area (Å²) in [5, 5.41) is 13.6. The molecule has 0 spiro atoms. The number of hydrogen-bond acceptors (Lipinski definition) is 3. The van der Waals surface area contributed by atoms with Crippen molar-refractivity contribution in [3.63, 3.8) is 0 Å². The van der Waals surface area contributed by atoms with Crippen LogP contribution in [0.4, 0.5) is 0 Å². The molecule has 4 aliphatic rings. The van der Waals surface area contributed by atoms with Gasteiger partial charge in [0.25, 0.3) is 0 Å². The van der Waals surface area contributed by atoms with E-state index in [9.17, 15) is 9.90 Å². The highest BCUT2D eigenvalue weighted by atomic mass is 16.3. The van der Waals surface area contributed by atoms with Crippen LogP contribution in [0.25, 0.3) is 0 Å². The first-order chi connectivity index (χ1) is 8.74. The second-order valence-corrected chi connectivity index (χ2v) is 6.75. The van der Waals surface area contributed by atoms with Crippen molar-refractivity contribution in [1.29, 1.82) is 0 Å². The largest absolute Gasteiger partial charge is 0.391 e. The van der Waals surface area contributed by atoms with Crippen molar-refractivity contribution in [2.75, 3.05) is 19.6 Å². The number of aliphatic hydroxyl groups excluding tert-OH is 1. The fraction of sp³-hybridized carbons (Fsp3) is 0.929. The third-order valence-electron chi connectivity index (χ3n) is 5.79. The van der Waals surface area contributed by atoms with Crippen molar-refractivity contribution in [3.8, 4) is 0 Å². The molecule has 2 aliphatic heterocycles. The molecule has 0 aromatic rings. The highest BCUT2D eigenvalue weighted by Crippen LogP contribution is 2.55. The summed E-state index contributed by atoms with van der Waals surface area (Å²) in [4.78, 5) is 14.5. The van der Waals surface area contributed by atoms with Gasteiger partial charge in [-0.05, 0) is 56.0 Å². The molecule has 4 fully saturated rings. The Bertz CT molecular complexity index is 365. The quantitative estimate of drug-likeness (QED) is 0.737. The van der Waals surface area contributed by atoms with Crippen LogP contribution in [-0.4, -0.2) is 47.7 Å². The first kappa shape index (κ1) is 11.2. The average Bonchev–Trinajstić information content (AvgIpc) is 3.02. The fourth-order valence-electron chi connectivity index (χ4n) is 4.95. The molecule has 2 saturated carbocycles. The van der Waals surface area contributed by atoms with Gasteiger partial charge in [0.05, 0.1) is 12.1 Å². The van der Waals surface area contributed by atoms with Gasteiger partial charge in [-0.2, -0.15) is 0 Å². The molecule has 2 bridgehead atoms. The zero-order valence-electron chi connectivity index (χ0n) is 10.7. The summed E-state index contributed by atoms with van der Waals surface area (Å²) in [6.07, 6.45) is 3.88. The lowest BCUT2D eigenvalue weighted by molar-refractivity contribution is -0.135. The smallest absolute Gasteiger partial charge is 0.223 e.